The predicted molar refractivity (Wildman–Crippen MR) is 81.4 cm³/mol. The Balaban J connectivity index is 1.96. The number of carbonyl (C=O) groups excluding carboxylic acids is 1. The Labute approximate surface area is 118 Å². The van der Waals surface area contributed by atoms with Gasteiger partial charge in [-0.2, -0.15) is 0 Å². The second-order valence-corrected chi connectivity index (χ2v) is 5.28. The number of nitrogens with two attached hydrogens (primary N) is 1. The van der Waals surface area contributed by atoms with Crippen LogP contribution in [0.5, 0.6) is 0 Å². The van der Waals surface area contributed by atoms with Gasteiger partial charge in [-0.05, 0) is 25.0 Å². The van der Waals surface area contributed by atoms with Gasteiger partial charge < -0.3 is 16.4 Å². The summed E-state index contributed by atoms with van der Waals surface area (Å²) < 4.78 is 0. The van der Waals surface area contributed by atoms with E-state index in [1.54, 1.807) is 12.1 Å². The molecule has 5 heteroatoms. The molecule has 1 aliphatic rings. The monoisotopic (exact) mass is 277 g/mol. The van der Waals surface area contributed by atoms with Crippen LogP contribution in [0.2, 0.25) is 0 Å². The molecule has 4 nitrogen and oxygen atoms in total. The van der Waals surface area contributed by atoms with E-state index in [4.69, 9.17) is 18.0 Å². The van der Waals surface area contributed by atoms with Crippen LogP contribution in [-0.2, 0) is 0 Å². The Morgan fingerprint density at radius 2 is 1.89 bits per heavy atom. The fourth-order valence-corrected chi connectivity index (χ4v) is 2.58. The first-order chi connectivity index (χ1) is 9.16. The van der Waals surface area contributed by atoms with Crippen molar-refractivity contribution in [2.24, 2.45) is 5.73 Å². The van der Waals surface area contributed by atoms with Gasteiger partial charge in [-0.3, -0.25) is 0 Å². The SMILES string of the molecule is NC(=S)c1ccccc1NC(=O)NC1CCCCC1. The number of hydrogen-bond donors (Lipinski definition) is 3. The molecule has 102 valence electrons. The first-order valence-corrected chi connectivity index (χ1v) is 7.04. The highest BCUT2D eigenvalue weighted by Crippen LogP contribution is 2.18. The lowest BCUT2D eigenvalue weighted by molar-refractivity contribution is 0.244. The molecule has 0 unspecified atom stereocenters. The first kappa shape index (κ1) is 13.8. The van der Waals surface area contributed by atoms with Crippen LogP contribution >= 0.6 is 12.2 Å². The number of amides is 2. The summed E-state index contributed by atoms with van der Waals surface area (Å²) in [6, 6.07) is 7.39. The number of anilines is 1. The maximum absolute atomic E-state index is 11.9. The maximum Gasteiger partial charge on any atom is 0.319 e. The molecule has 0 heterocycles. The van der Waals surface area contributed by atoms with Gasteiger partial charge in [-0.15, -0.1) is 0 Å². The lowest BCUT2D eigenvalue weighted by Crippen LogP contribution is -2.39. The zero-order valence-electron chi connectivity index (χ0n) is 10.8. The van der Waals surface area contributed by atoms with Crippen LogP contribution in [0.4, 0.5) is 10.5 Å². The molecule has 1 fully saturated rings. The third-order valence-corrected chi connectivity index (χ3v) is 3.60. The van der Waals surface area contributed by atoms with E-state index in [9.17, 15) is 4.79 Å². The van der Waals surface area contributed by atoms with Gasteiger partial charge in [-0.25, -0.2) is 4.79 Å². The van der Waals surface area contributed by atoms with Gasteiger partial charge in [0.25, 0.3) is 0 Å². The highest BCUT2D eigenvalue weighted by Gasteiger charge is 2.16. The van der Waals surface area contributed by atoms with Crippen LogP contribution in [0.15, 0.2) is 24.3 Å². The Bertz CT molecular complexity index is 470. The molecule has 0 saturated heterocycles. The zero-order chi connectivity index (χ0) is 13.7. The number of carbonyl (C=O) groups is 1. The molecule has 19 heavy (non-hydrogen) atoms. The molecular formula is C14H19N3OS. The summed E-state index contributed by atoms with van der Waals surface area (Å²) in [5.41, 5.74) is 6.98. The van der Waals surface area contributed by atoms with Crippen LogP contribution in [0, 0.1) is 0 Å². The average molecular weight is 277 g/mol. The van der Waals surface area contributed by atoms with Crippen molar-refractivity contribution in [2.75, 3.05) is 5.32 Å². The van der Waals surface area contributed by atoms with E-state index in [0.717, 1.165) is 12.8 Å². The van der Waals surface area contributed by atoms with Crippen LogP contribution in [0.1, 0.15) is 37.7 Å². The van der Waals surface area contributed by atoms with E-state index in [2.05, 4.69) is 10.6 Å². The van der Waals surface area contributed by atoms with Gasteiger partial charge in [0, 0.05) is 11.6 Å². The van der Waals surface area contributed by atoms with Crippen molar-refractivity contribution in [3.8, 4) is 0 Å². The van der Waals surface area contributed by atoms with Crippen LogP contribution in [0.25, 0.3) is 0 Å². The third kappa shape index (κ3) is 3.92. The van der Waals surface area contributed by atoms with Gasteiger partial charge in [0.1, 0.15) is 4.99 Å². The minimum Gasteiger partial charge on any atom is -0.389 e. The van der Waals surface area contributed by atoms with Gasteiger partial charge in [0.05, 0.1) is 5.69 Å². The molecular weight excluding hydrogens is 258 g/mol. The largest absolute Gasteiger partial charge is 0.389 e. The summed E-state index contributed by atoms with van der Waals surface area (Å²) in [7, 11) is 0. The smallest absolute Gasteiger partial charge is 0.319 e. The number of nitrogens with one attached hydrogen (secondary N) is 2. The Hall–Kier alpha value is -1.62. The number of hydrogen-bond acceptors (Lipinski definition) is 2. The first-order valence-electron chi connectivity index (χ1n) is 6.63. The van der Waals surface area contributed by atoms with Gasteiger partial charge >= 0.3 is 6.03 Å². The summed E-state index contributed by atoms with van der Waals surface area (Å²) >= 11 is 4.97. The predicted octanol–water partition coefficient (Wildman–Crippen LogP) is 2.78. The molecule has 0 bridgehead atoms. The summed E-state index contributed by atoms with van der Waals surface area (Å²) in [5.74, 6) is 0. The summed E-state index contributed by atoms with van der Waals surface area (Å²) in [5, 5.41) is 5.82. The molecule has 0 aromatic heterocycles. The van der Waals surface area contributed by atoms with Crippen LogP contribution in [-0.4, -0.2) is 17.1 Å². The second kappa shape index (κ2) is 6.52. The summed E-state index contributed by atoms with van der Waals surface area (Å²) in [6.07, 6.45) is 5.77. The van der Waals surface area contributed by atoms with E-state index in [1.807, 2.05) is 12.1 Å². The topological polar surface area (TPSA) is 67.1 Å². The van der Waals surface area contributed by atoms with Gasteiger partial charge in [-0.1, -0.05) is 43.6 Å². The van der Waals surface area contributed by atoms with E-state index >= 15 is 0 Å². The highest BCUT2D eigenvalue weighted by atomic mass is 32.1. The maximum atomic E-state index is 11.9. The van der Waals surface area contributed by atoms with E-state index in [-0.39, 0.29) is 17.1 Å². The molecule has 2 amide bonds. The molecule has 1 aromatic carbocycles. The molecule has 0 aliphatic heterocycles. The Morgan fingerprint density at radius 1 is 1.21 bits per heavy atom. The molecule has 1 saturated carbocycles. The standard InChI is InChI=1S/C14H19N3OS/c15-13(19)11-8-4-5-9-12(11)17-14(18)16-10-6-2-1-3-7-10/h4-5,8-10H,1-3,6-7H2,(H2,15,19)(H2,16,17,18). The molecule has 1 aromatic rings. The minimum absolute atomic E-state index is 0.185. The summed E-state index contributed by atoms with van der Waals surface area (Å²) in [4.78, 5) is 12.2. The molecule has 0 spiro atoms. The van der Waals surface area contributed by atoms with Crippen molar-refractivity contribution < 1.29 is 4.79 Å². The van der Waals surface area contributed by atoms with Gasteiger partial charge in [0.15, 0.2) is 0 Å². The van der Waals surface area contributed by atoms with Crippen molar-refractivity contribution in [1.82, 2.24) is 5.32 Å². The van der Waals surface area contributed by atoms with Crippen molar-refractivity contribution in [3.63, 3.8) is 0 Å². The van der Waals surface area contributed by atoms with Crippen LogP contribution < -0.4 is 16.4 Å². The lowest BCUT2D eigenvalue weighted by Gasteiger charge is -2.23. The zero-order valence-corrected chi connectivity index (χ0v) is 11.6. The quantitative estimate of drug-likeness (QED) is 0.744. The second-order valence-electron chi connectivity index (χ2n) is 4.84. The molecule has 1 aliphatic carbocycles. The number of urea groups is 1. The lowest BCUT2D eigenvalue weighted by atomic mass is 9.96. The number of para-hydroxylation sites is 1. The third-order valence-electron chi connectivity index (χ3n) is 3.38. The fourth-order valence-electron chi connectivity index (χ4n) is 2.40. The van der Waals surface area contributed by atoms with E-state index in [0.29, 0.717) is 11.3 Å². The summed E-state index contributed by atoms with van der Waals surface area (Å²) in [6.45, 7) is 0. The number of thiocarbonyl (C=S) groups is 1. The van der Waals surface area contributed by atoms with Crippen LogP contribution in [0.3, 0.4) is 0 Å². The van der Waals surface area contributed by atoms with Gasteiger partial charge in [0.2, 0.25) is 0 Å². The van der Waals surface area contributed by atoms with Crippen molar-refractivity contribution in [3.05, 3.63) is 29.8 Å². The van der Waals surface area contributed by atoms with E-state index < -0.39 is 0 Å². The highest BCUT2D eigenvalue weighted by molar-refractivity contribution is 7.80. The van der Waals surface area contributed by atoms with E-state index in [1.165, 1.54) is 19.3 Å². The molecule has 0 radical (unpaired) electrons. The normalized spacial score (nSPS) is 15.8. The van der Waals surface area contributed by atoms with Crippen molar-refractivity contribution in [1.29, 1.82) is 0 Å². The Morgan fingerprint density at radius 3 is 2.58 bits per heavy atom. The average Bonchev–Trinajstić information content (AvgIpc) is 2.40. The number of benzene rings is 1. The molecule has 2 rings (SSSR count). The van der Waals surface area contributed by atoms with Crippen molar-refractivity contribution >= 4 is 28.9 Å². The van der Waals surface area contributed by atoms with Crippen molar-refractivity contribution in [2.45, 2.75) is 38.1 Å². The fraction of sp³-hybridized carbons (Fsp3) is 0.429. The number of rotatable bonds is 3. The minimum atomic E-state index is -0.185. The Kier molecular flexibility index (Phi) is 4.74. The molecule has 0 atom stereocenters. The molecule has 4 N–H and O–H groups in total.